The third-order valence-corrected chi connectivity index (χ3v) is 3.80. The molecule has 1 aromatic rings. The van der Waals surface area contributed by atoms with Gasteiger partial charge in [0.05, 0.1) is 12.5 Å². The minimum absolute atomic E-state index is 0.0738. The molecular weight excluding hydrogens is 236 g/mol. The van der Waals surface area contributed by atoms with Crippen LogP contribution in [-0.4, -0.2) is 46.5 Å². The number of nitrogens with zero attached hydrogens (tertiary/aromatic N) is 4. The lowest BCUT2D eigenvalue weighted by Gasteiger charge is -2.50. The van der Waals surface area contributed by atoms with Crippen LogP contribution in [0.4, 0.5) is 0 Å². The van der Waals surface area contributed by atoms with E-state index >= 15 is 0 Å². The molecule has 102 valence electrons. The third-order valence-electron chi connectivity index (χ3n) is 3.80. The lowest BCUT2D eigenvalue weighted by molar-refractivity contribution is -0.0205. The molecule has 1 atom stereocenters. The van der Waals surface area contributed by atoms with Crippen LogP contribution < -0.4 is 0 Å². The first-order chi connectivity index (χ1) is 9.03. The van der Waals surface area contributed by atoms with Gasteiger partial charge in [-0.15, -0.1) is 0 Å². The van der Waals surface area contributed by atoms with Crippen molar-refractivity contribution in [3.8, 4) is 6.07 Å². The van der Waals surface area contributed by atoms with Crippen molar-refractivity contribution in [1.29, 1.82) is 5.26 Å². The molecule has 19 heavy (non-hydrogen) atoms. The summed E-state index contributed by atoms with van der Waals surface area (Å²) in [5.74, 6) is 0. The van der Waals surface area contributed by atoms with E-state index in [-0.39, 0.29) is 5.54 Å². The Kier molecular flexibility index (Phi) is 4.18. The number of piperazine rings is 1. The van der Waals surface area contributed by atoms with E-state index in [4.69, 9.17) is 5.26 Å². The zero-order valence-electron chi connectivity index (χ0n) is 12.0. The number of pyridine rings is 1. The van der Waals surface area contributed by atoms with Crippen molar-refractivity contribution < 1.29 is 0 Å². The smallest absolute Gasteiger partial charge is 0.0638 e. The second-order valence-electron chi connectivity index (χ2n) is 6.01. The molecule has 1 aliphatic rings. The third kappa shape index (κ3) is 3.31. The summed E-state index contributed by atoms with van der Waals surface area (Å²) >= 11 is 0. The average molecular weight is 258 g/mol. The number of hydrogen-bond donors (Lipinski definition) is 0. The number of likely N-dealkylation sites (N-methyl/N-ethyl adjacent to an activating group) is 1. The molecule has 4 heteroatoms. The quantitative estimate of drug-likeness (QED) is 0.830. The lowest BCUT2D eigenvalue weighted by atomic mass is 9.93. The molecule has 0 N–H and O–H groups in total. The molecule has 0 aliphatic carbocycles. The average Bonchev–Trinajstić information content (AvgIpc) is 2.34. The molecule has 0 amide bonds. The van der Waals surface area contributed by atoms with E-state index in [0.29, 0.717) is 12.5 Å². The zero-order valence-corrected chi connectivity index (χ0v) is 12.0. The zero-order chi connectivity index (χ0) is 13.9. The first kappa shape index (κ1) is 14.0. The minimum Gasteiger partial charge on any atom is -0.303 e. The van der Waals surface area contributed by atoms with Gasteiger partial charge in [-0.3, -0.25) is 9.88 Å². The largest absolute Gasteiger partial charge is 0.303 e. The molecule has 1 unspecified atom stereocenters. The van der Waals surface area contributed by atoms with Gasteiger partial charge < -0.3 is 4.90 Å². The molecule has 2 rings (SSSR count). The van der Waals surface area contributed by atoms with Crippen LogP contribution in [0.3, 0.4) is 0 Å². The van der Waals surface area contributed by atoms with Crippen LogP contribution in [0.1, 0.15) is 25.8 Å². The molecule has 0 spiro atoms. The molecule has 1 fully saturated rings. The van der Waals surface area contributed by atoms with Gasteiger partial charge >= 0.3 is 0 Å². The SMILES string of the molecule is CN1CC(CC#N)N(Cc2cccnc2)C(C)(C)C1. The highest BCUT2D eigenvalue weighted by Gasteiger charge is 2.38. The van der Waals surface area contributed by atoms with E-state index < -0.39 is 0 Å². The first-order valence-corrected chi connectivity index (χ1v) is 6.74. The van der Waals surface area contributed by atoms with Gasteiger partial charge in [-0.05, 0) is 32.5 Å². The van der Waals surface area contributed by atoms with E-state index in [1.54, 1.807) is 6.20 Å². The van der Waals surface area contributed by atoms with Gasteiger partial charge in [0, 0.05) is 43.6 Å². The van der Waals surface area contributed by atoms with Crippen LogP contribution in [0.5, 0.6) is 0 Å². The maximum atomic E-state index is 9.05. The highest BCUT2D eigenvalue weighted by molar-refractivity contribution is 5.11. The molecule has 0 aromatic carbocycles. The number of rotatable bonds is 3. The van der Waals surface area contributed by atoms with Crippen LogP contribution in [0.25, 0.3) is 0 Å². The first-order valence-electron chi connectivity index (χ1n) is 6.74. The molecular formula is C15H22N4. The fraction of sp³-hybridized carbons (Fsp3) is 0.600. The maximum Gasteiger partial charge on any atom is 0.0638 e. The summed E-state index contributed by atoms with van der Waals surface area (Å²) in [7, 11) is 2.13. The van der Waals surface area contributed by atoms with Crippen LogP contribution >= 0.6 is 0 Å². The molecule has 1 aliphatic heterocycles. The molecule has 1 aromatic heterocycles. The van der Waals surface area contributed by atoms with Gasteiger partial charge in [0.15, 0.2) is 0 Å². The monoisotopic (exact) mass is 258 g/mol. The number of nitriles is 1. The molecule has 4 nitrogen and oxygen atoms in total. The minimum atomic E-state index is 0.0738. The summed E-state index contributed by atoms with van der Waals surface area (Å²) in [4.78, 5) is 8.95. The fourth-order valence-corrected chi connectivity index (χ4v) is 3.08. The van der Waals surface area contributed by atoms with Gasteiger partial charge in [0.1, 0.15) is 0 Å². The van der Waals surface area contributed by atoms with Crippen molar-refractivity contribution in [2.75, 3.05) is 20.1 Å². The Morgan fingerprint density at radius 2 is 2.32 bits per heavy atom. The predicted octanol–water partition coefficient (Wildman–Crippen LogP) is 1.89. The molecule has 2 heterocycles. The van der Waals surface area contributed by atoms with Crippen LogP contribution in [-0.2, 0) is 6.54 Å². The summed E-state index contributed by atoms with van der Waals surface area (Å²) in [5, 5.41) is 9.05. The summed E-state index contributed by atoms with van der Waals surface area (Å²) in [6.45, 7) is 7.35. The summed E-state index contributed by atoms with van der Waals surface area (Å²) in [6.07, 6.45) is 4.29. The van der Waals surface area contributed by atoms with Crippen molar-refractivity contribution >= 4 is 0 Å². The standard InChI is InChI=1S/C15H22N4/c1-15(2)12-18(3)11-14(6-7-16)19(15)10-13-5-4-8-17-9-13/h4-5,8-9,14H,6,10-12H2,1-3H3. The van der Waals surface area contributed by atoms with Crippen molar-refractivity contribution in [1.82, 2.24) is 14.8 Å². The summed E-state index contributed by atoms with van der Waals surface area (Å²) in [6, 6.07) is 6.69. The van der Waals surface area contributed by atoms with E-state index in [1.807, 2.05) is 12.3 Å². The van der Waals surface area contributed by atoms with Gasteiger partial charge in [-0.1, -0.05) is 6.07 Å². The Morgan fingerprint density at radius 3 is 2.95 bits per heavy atom. The second-order valence-corrected chi connectivity index (χ2v) is 6.01. The van der Waals surface area contributed by atoms with Crippen molar-refractivity contribution in [2.45, 2.75) is 38.4 Å². The molecule has 0 bridgehead atoms. The Bertz CT molecular complexity index is 449. The van der Waals surface area contributed by atoms with Crippen molar-refractivity contribution in [2.24, 2.45) is 0 Å². The number of aromatic nitrogens is 1. The Hall–Kier alpha value is -1.44. The molecule has 0 saturated carbocycles. The Morgan fingerprint density at radius 1 is 1.53 bits per heavy atom. The maximum absolute atomic E-state index is 9.05. The highest BCUT2D eigenvalue weighted by Crippen LogP contribution is 2.27. The van der Waals surface area contributed by atoms with E-state index in [2.05, 4.69) is 47.8 Å². The summed E-state index contributed by atoms with van der Waals surface area (Å²) < 4.78 is 0. The fourth-order valence-electron chi connectivity index (χ4n) is 3.08. The van der Waals surface area contributed by atoms with Crippen LogP contribution in [0, 0.1) is 11.3 Å². The van der Waals surface area contributed by atoms with Gasteiger partial charge in [-0.25, -0.2) is 0 Å². The molecule has 1 saturated heterocycles. The van der Waals surface area contributed by atoms with Crippen molar-refractivity contribution in [3.05, 3.63) is 30.1 Å². The van der Waals surface area contributed by atoms with Gasteiger partial charge in [0.2, 0.25) is 0 Å². The second kappa shape index (κ2) is 5.68. The van der Waals surface area contributed by atoms with Crippen LogP contribution in [0.15, 0.2) is 24.5 Å². The van der Waals surface area contributed by atoms with E-state index in [0.717, 1.165) is 19.6 Å². The van der Waals surface area contributed by atoms with E-state index in [9.17, 15) is 0 Å². The Labute approximate surface area is 115 Å². The molecule has 0 radical (unpaired) electrons. The predicted molar refractivity (Wildman–Crippen MR) is 75.4 cm³/mol. The van der Waals surface area contributed by atoms with Gasteiger partial charge in [-0.2, -0.15) is 5.26 Å². The Balaban J connectivity index is 2.20. The van der Waals surface area contributed by atoms with Crippen molar-refractivity contribution in [3.63, 3.8) is 0 Å². The lowest BCUT2D eigenvalue weighted by Crippen LogP contribution is -2.62. The van der Waals surface area contributed by atoms with Gasteiger partial charge in [0.25, 0.3) is 0 Å². The number of hydrogen-bond acceptors (Lipinski definition) is 4. The normalized spacial score (nSPS) is 24.0. The summed E-state index contributed by atoms with van der Waals surface area (Å²) in [5.41, 5.74) is 1.28. The van der Waals surface area contributed by atoms with E-state index in [1.165, 1.54) is 5.56 Å². The topological polar surface area (TPSA) is 43.2 Å². The van der Waals surface area contributed by atoms with Crippen LogP contribution in [0.2, 0.25) is 0 Å². The highest BCUT2D eigenvalue weighted by atomic mass is 15.3.